The lowest BCUT2D eigenvalue weighted by Crippen LogP contribution is -2.56. The Balaban J connectivity index is 1.94. The van der Waals surface area contributed by atoms with Crippen molar-refractivity contribution >= 4 is 11.6 Å². The average Bonchev–Trinajstić information content (AvgIpc) is 2.95. The molecule has 23 heavy (non-hydrogen) atoms. The molecule has 0 bridgehead atoms. The van der Waals surface area contributed by atoms with Gasteiger partial charge in [-0.2, -0.15) is 0 Å². The maximum absolute atomic E-state index is 10.1. The highest BCUT2D eigenvalue weighted by Gasteiger charge is 2.45. The van der Waals surface area contributed by atoms with Gasteiger partial charge < -0.3 is 25.2 Å². The Hall–Kier alpha value is -1.55. The molecule has 1 saturated heterocycles. The van der Waals surface area contributed by atoms with Crippen LogP contribution in [0.15, 0.2) is 30.3 Å². The number of aliphatic hydroxyl groups excluding tert-OH is 4. The summed E-state index contributed by atoms with van der Waals surface area (Å²) >= 11 is 6.27. The van der Waals surface area contributed by atoms with Crippen LogP contribution in [0.4, 0.5) is 0 Å². The van der Waals surface area contributed by atoms with Crippen LogP contribution in [0.5, 0.6) is 0 Å². The van der Waals surface area contributed by atoms with Crippen LogP contribution < -0.4 is 0 Å². The number of rotatable bonds is 3. The van der Waals surface area contributed by atoms with E-state index >= 15 is 0 Å². The molecule has 1 aromatic heterocycles. The summed E-state index contributed by atoms with van der Waals surface area (Å²) in [4.78, 5) is 0. The quantitative estimate of drug-likeness (QED) is 0.597. The number of benzene rings is 1. The molecule has 0 aliphatic carbocycles. The van der Waals surface area contributed by atoms with E-state index in [1.165, 1.54) is 0 Å². The van der Waals surface area contributed by atoms with Gasteiger partial charge >= 0.3 is 0 Å². The molecule has 124 valence electrons. The minimum absolute atomic E-state index is 0.112. The van der Waals surface area contributed by atoms with Gasteiger partial charge in [-0.1, -0.05) is 47.1 Å². The van der Waals surface area contributed by atoms with E-state index in [4.69, 9.17) is 16.3 Å². The van der Waals surface area contributed by atoms with Gasteiger partial charge in [0.2, 0.25) is 0 Å². The topological polar surface area (TPSA) is 121 Å². The predicted molar refractivity (Wildman–Crippen MR) is 79.5 cm³/mol. The second-order valence-electron chi connectivity index (χ2n) is 5.26. The fourth-order valence-corrected chi connectivity index (χ4v) is 2.78. The lowest BCUT2D eigenvalue weighted by molar-refractivity contribution is -0.254. The Kier molecular flexibility index (Phi) is 4.62. The van der Waals surface area contributed by atoms with Crippen molar-refractivity contribution in [3.05, 3.63) is 35.5 Å². The highest BCUT2D eigenvalue weighted by atomic mass is 35.5. The van der Waals surface area contributed by atoms with E-state index in [1.807, 2.05) is 18.2 Å². The number of hydrogen-bond donors (Lipinski definition) is 4. The first-order chi connectivity index (χ1) is 11.0. The van der Waals surface area contributed by atoms with Crippen molar-refractivity contribution in [3.8, 4) is 11.3 Å². The maximum atomic E-state index is 10.1. The second-order valence-corrected chi connectivity index (χ2v) is 5.62. The third kappa shape index (κ3) is 2.85. The Bertz CT molecular complexity index is 666. The largest absolute Gasteiger partial charge is 0.394 e. The summed E-state index contributed by atoms with van der Waals surface area (Å²) in [5, 5.41) is 46.9. The van der Waals surface area contributed by atoms with Crippen molar-refractivity contribution in [2.75, 3.05) is 6.61 Å². The van der Waals surface area contributed by atoms with Gasteiger partial charge in [-0.05, 0) is 0 Å². The van der Waals surface area contributed by atoms with E-state index in [9.17, 15) is 20.4 Å². The molecule has 3 rings (SSSR count). The highest BCUT2D eigenvalue weighted by Crippen LogP contribution is 2.33. The molecule has 1 aromatic carbocycles. The third-order valence-corrected chi connectivity index (χ3v) is 4.15. The number of aliphatic hydroxyl groups is 4. The van der Waals surface area contributed by atoms with Crippen LogP contribution in [0, 0.1) is 0 Å². The first-order valence-corrected chi connectivity index (χ1v) is 7.39. The summed E-state index contributed by atoms with van der Waals surface area (Å²) in [5.41, 5.74) is 1.12. The zero-order valence-electron chi connectivity index (χ0n) is 11.9. The fraction of sp³-hybridized carbons (Fsp3) is 0.429. The van der Waals surface area contributed by atoms with Crippen LogP contribution >= 0.6 is 11.6 Å². The number of hydrogen-bond acceptors (Lipinski definition) is 7. The Morgan fingerprint density at radius 2 is 1.78 bits per heavy atom. The smallest absolute Gasteiger partial charge is 0.182 e. The van der Waals surface area contributed by atoms with E-state index in [1.54, 1.807) is 12.1 Å². The first kappa shape index (κ1) is 16.3. The van der Waals surface area contributed by atoms with E-state index < -0.39 is 37.3 Å². The molecule has 2 aromatic rings. The number of aromatic nitrogens is 3. The molecular formula is C14H16ClN3O5. The fourth-order valence-electron chi connectivity index (χ4n) is 2.50. The lowest BCUT2D eigenvalue weighted by atomic mass is 9.98. The molecule has 8 nitrogen and oxygen atoms in total. The van der Waals surface area contributed by atoms with Gasteiger partial charge in [0.15, 0.2) is 11.4 Å². The zero-order chi connectivity index (χ0) is 16.6. The standard InChI is InChI=1S/C14H16ClN3O5/c15-13-9(7-4-2-1-3-5-7)16-17-18(13)14-12(22)11(21)10(20)8(6-19)23-14/h1-5,8,10-12,14,19-22H,6H2/t8-,10-,11+,12-,14-/m1/s1. The number of ether oxygens (including phenoxy) is 1. The van der Waals surface area contributed by atoms with Crippen molar-refractivity contribution in [2.45, 2.75) is 30.6 Å². The highest BCUT2D eigenvalue weighted by molar-refractivity contribution is 6.32. The van der Waals surface area contributed by atoms with Crippen molar-refractivity contribution in [1.82, 2.24) is 15.0 Å². The molecule has 1 aliphatic rings. The van der Waals surface area contributed by atoms with Crippen LogP contribution in [0.2, 0.25) is 5.15 Å². The summed E-state index contributed by atoms with van der Waals surface area (Å²) in [6, 6.07) is 9.08. The Morgan fingerprint density at radius 3 is 2.43 bits per heavy atom. The molecule has 2 heterocycles. The number of nitrogens with zero attached hydrogens (tertiary/aromatic N) is 3. The molecule has 0 radical (unpaired) electrons. The molecule has 1 fully saturated rings. The molecule has 0 unspecified atom stereocenters. The van der Waals surface area contributed by atoms with Gasteiger partial charge in [-0.25, -0.2) is 4.68 Å². The van der Waals surface area contributed by atoms with Crippen LogP contribution in [-0.4, -0.2) is 66.4 Å². The van der Waals surface area contributed by atoms with Crippen molar-refractivity contribution < 1.29 is 25.2 Å². The minimum atomic E-state index is -1.51. The van der Waals surface area contributed by atoms with Gasteiger partial charge in [0.25, 0.3) is 0 Å². The van der Waals surface area contributed by atoms with E-state index in [0.717, 1.165) is 10.2 Å². The molecule has 0 saturated carbocycles. The molecule has 5 atom stereocenters. The van der Waals surface area contributed by atoms with Gasteiger partial charge in [0.05, 0.1) is 6.61 Å². The summed E-state index contributed by atoms with van der Waals surface area (Å²) in [7, 11) is 0. The van der Waals surface area contributed by atoms with E-state index in [-0.39, 0.29) is 5.15 Å². The van der Waals surface area contributed by atoms with E-state index in [0.29, 0.717) is 5.69 Å². The monoisotopic (exact) mass is 341 g/mol. The average molecular weight is 342 g/mol. The minimum Gasteiger partial charge on any atom is -0.394 e. The van der Waals surface area contributed by atoms with E-state index in [2.05, 4.69) is 10.3 Å². The Labute approximate surface area is 136 Å². The molecule has 0 spiro atoms. The SMILES string of the molecule is OC[C@H]1O[C@@H](n2nnc(-c3ccccc3)c2Cl)[C@H](O)[C@@H](O)[C@@H]1O. The van der Waals surface area contributed by atoms with Crippen LogP contribution in [0.25, 0.3) is 11.3 Å². The Morgan fingerprint density at radius 1 is 1.09 bits per heavy atom. The summed E-state index contributed by atoms with van der Waals surface area (Å²) < 4.78 is 6.53. The molecule has 4 N–H and O–H groups in total. The van der Waals surface area contributed by atoms with Gasteiger partial charge in [-0.3, -0.25) is 0 Å². The molecular weight excluding hydrogens is 326 g/mol. The van der Waals surface area contributed by atoms with Crippen molar-refractivity contribution in [3.63, 3.8) is 0 Å². The maximum Gasteiger partial charge on any atom is 0.182 e. The van der Waals surface area contributed by atoms with Crippen LogP contribution in [-0.2, 0) is 4.74 Å². The summed E-state index contributed by atoms with van der Waals surface area (Å²) in [5.74, 6) is 0. The number of halogens is 1. The second kappa shape index (κ2) is 6.52. The van der Waals surface area contributed by atoms with Gasteiger partial charge in [0, 0.05) is 5.56 Å². The molecule has 9 heteroatoms. The molecule has 0 amide bonds. The van der Waals surface area contributed by atoms with Crippen molar-refractivity contribution in [1.29, 1.82) is 0 Å². The summed E-state index contributed by atoms with van der Waals surface area (Å²) in [6.45, 7) is -0.528. The van der Waals surface area contributed by atoms with Crippen LogP contribution in [0.1, 0.15) is 6.23 Å². The van der Waals surface area contributed by atoms with Crippen molar-refractivity contribution in [2.24, 2.45) is 0 Å². The lowest BCUT2D eigenvalue weighted by Gasteiger charge is -2.39. The van der Waals surface area contributed by atoms with Gasteiger partial charge in [-0.15, -0.1) is 5.10 Å². The summed E-state index contributed by atoms with van der Waals surface area (Å²) in [6.07, 6.45) is -6.65. The van der Waals surface area contributed by atoms with Gasteiger partial charge in [0.1, 0.15) is 30.1 Å². The molecule has 1 aliphatic heterocycles. The first-order valence-electron chi connectivity index (χ1n) is 7.01. The van der Waals surface area contributed by atoms with Crippen LogP contribution in [0.3, 0.4) is 0 Å². The predicted octanol–water partition coefficient (Wildman–Crippen LogP) is -0.429. The zero-order valence-corrected chi connectivity index (χ0v) is 12.7. The third-order valence-electron chi connectivity index (χ3n) is 3.79. The normalized spacial score (nSPS) is 31.3.